The summed E-state index contributed by atoms with van der Waals surface area (Å²) < 4.78 is 5.85. The second-order valence-electron chi connectivity index (χ2n) is 5.24. The Labute approximate surface area is 125 Å². The van der Waals surface area contributed by atoms with E-state index in [2.05, 4.69) is 6.07 Å². The van der Waals surface area contributed by atoms with Crippen LogP contribution in [0.1, 0.15) is 40.8 Å². The van der Waals surface area contributed by atoms with Gasteiger partial charge in [0.2, 0.25) is 0 Å². The molecule has 0 fully saturated rings. The summed E-state index contributed by atoms with van der Waals surface area (Å²) in [4.78, 5) is 0. The first-order valence-corrected chi connectivity index (χ1v) is 6.92. The van der Waals surface area contributed by atoms with Gasteiger partial charge in [-0.3, -0.25) is 0 Å². The van der Waals surface area contributed by atoms with Crippen molar-refractivity contribution in [2.75, 3.05) is 0 Å². The number of nitriles is 1. The molecule has 1 N–H and O–H groups in total. The van der Waals surface area contributed by atoms with Gasteiger partial charge in [-0.15, -0.1) is 0 Å². The zero-order chi connectivity index (χ0) is 15.4. The Bertz CT molecular complexity index is 684. The molecule has 0 radical (unpaired) electrons. The number of aryl methyl sites for hydroxylation is 2. The average molecular weight is 281 g/mol. The van der Waals surface area contributed by atoms with Crippen LogP contribution in [0.4, 0.5) is 0 Å². The van der Waals surface area contributed by atoms with Gasteiger partial charge in [0.15, 0.2) is 0 Å². The summed E-state index contributed by atoms with van der Waals surface area (Å²) in [5.74, 6) is 0.808. The van der Waals surface area contributed by atoms with Gasteiger partial charge in [0.25, 0.3) is 0 Å². The molecule has 0 saturated carbocycles. The highest BCUT2D eigenvalue weighted by Gasteiger charge is 2.06. The van der Waals surface area contributed by atoms with E-state index in [1.807, 2.05) is 44.2 Å². The van der Waals surface area contributed by atoms with Crippen LogP contribution in [-0.4, -0.2) is 5.11 Å². The SMILES string of the molecule is Cc1cc(C#N)ccc1COc1ccc([C@H](C)O)cc1C. The van der Waals surface area contributed by atoms with Crippen LogP contribution in [0.15, 0.2) is 36.4 Å². The molecule has 3 nitrogen and oxygen atoms in total. The molecular formula is C18H19NO2. The highest BCUT2D eigenvalue weighted by molar-refractivity contribution is 5.39. The summed E-state index contributed by atoms with van der Waals surface area (Å²) in [6.45, 7) is 6.15. The van der Waals surface area contributed by atoms with E-state index in [0.29, 0.717) is 12.2 Å². The number of benzene rings is 2. The number of hydrogen-bond acceptors (Lipinski definition) is 3. The zero-order valence-electron chi connectivity index (χ0n) is 12.6. The molecule has 1 atom stereocenters. The van der Waals surface area contributed by atoms with Gasteiger partial charge in [0, 0.05) is 0 Å². The molecule has 2 aromatic carbocycles. The van der Waals surface area contributed by atoms with Gasteiger partial charge in [-0.25, -0.2) is 0 Å². The Morgan fingerprint density at radius 2 is 1.90 bits per heavy atom. The maximum Gasteiger partial charge on any atom is 0.122 e. The van der Waals surface area contributed by atoms with Gasteiger partial charge < -0.3 is 9.84 Å². The number of aliphatic hydroxyl groups excluding tert-OH is 1. The van der Waals surface area contributed by atoms with Crippen LogP contribution < -0.4 is 4.74 Å². The summed E-state index contributed by atoms with van der Waals surface area (Å²) >= 11 is 0. The predicted octanol–water partition coefficient (Wildman–Crippen LogP) is 3.81. The third-order valence-corrected chi connectivity index (χ3v) is 3.54. The third-order valence-electron chi connectivity index (χ3n) is 3.54. The third kappa shape index (κ3) is 3.62. The Hall–Kier alpha value is -2.31. The van der Waals surface area contributed by atoms with E-state index in [1.54, 1.807) is 13.0 Å². The van der Waals surface area contributed by atoms with Crippen molar-refractivity contribution in [1.29, 1.82) is 5.26 Å². The quantitative estimate of drug-likeness (QED) is 0.927. The Morgan fingerprint density at radius 1 is 1.14 bits per heavy atom. The molecule has 3 heteroatoms. The van der Waals surface area contributed by atoms with E-state index in [4.69, 9.17) is 10.00 Å². The molecule has 0 saturated heterocycles. The van der Waals surface area contributed by atoms with Gasteiger partial charge in [-0.05, 0) is 67.3 Å². The lowest BCUT2D eigenvalue weighted by Crippen LogP contribution is -2.00. The largest absolute Gasteiger partial charge is 0.489 e. The van der Waals surface area contributed by atoms with Gasteiger partial charge in [-0.1, -0.05) is 12.1 Å². The molecule has 108 valence electrons. The fourth-order valence-electron chi connectivity index (χ4n) is 2.18. The van der Waals surface area contributed by atoms with Crippen LogP contribution in [-0.2, 0) is 6.61 Å². The minimum absolute atomic E-state index is 0.465. The molecule has 0 spiro atoms. The normalized spacial score (nSPS) is 11.8. The Balaban J connectivity index is 2.12. The van der Waals surface area contributed by atoms with Gasteiger partial charge in [0.1, 0.15) is 12.4 Å². The first kappa shape index (κ1) is 15.1. The number of hydrogen-bond donors (Lipinski definition) is 1. The molecule has 0 heterocycles. The molecular weight excluding hydrogens is 262 g/mol. The fraction of sp³-hybridized carbons (Fsp3) is 0.278. The van der Waals surface area contributed by atoms with E-state index in [-0.39, 0.29) is 0 Å². The molecule has 0 aliphatic heterocycles. The molecule has 2 rings (SSSR count). The summed E-state index contributed by atoms with van der Waals surface area (Å²) in [6, 6.07) is 13.4. The maximum atomic E-state index is 9.57. The Kier molecular flexibility index (Phi) is 4.62. The highest BCUT2D eigenvalue weighted by atomic mass is 16.5. The maximum absolute atomic E-state index is 9.57. The minimum atomic E-state index is -0.474. The van der Waals surface area contributed by atoms with Crippen LogP contribution in [0.5, 0.6) is 5.75 Å². The topological polar surface area (TPSA) is 53.2 Å². The minimum Gasteiger partial charge on any atom is -0.489 e. The first-order chi connectivity index (χ1) is 10.0. The predicted molar refractivity (Wildman–Crippen MR) is 82.0 cm³/mol. The van der Waals surface area contributed by atoms with Gasteiger partial charge in [0.05, 0.1) is 17.7 Å². The van der Waals surface area contributed by atoms with Crippen molar-refractivity contribution in [2.45, 2.75) is 33.5 Å². The van der Waals surface area contributed by atoms with Crippen molar-refractivity contribution in [3.05, 3.63) is 64.2 Å². The second kappa shape index (κ2) is 6.43. The van der Waals surface area contributed by atoms with Crippen LogP contribution in [0, 0.1) is 25.2 Å². The van der Waals surface area contributed by atoms with Crippen molar-refractivity contribution in [3.8, 4) is 11.8 Å². The van der Waals surface area contributed by atoms with E-state index in [0.717, 1.165) is 28.0 Å². The molecule has 0 bridgehead atoms. The lowest BCUT2D eigenvalue weighted by molar-refractivity contribution is 0.199. The Morgan fingerprint density at radius 3 is 2.48 bits per heavy atom. The van der Waals surface area contributed by atoms with E-state index >= 15 is 0 Å². The summed E-state index contributed by atoms with van der Waals surface area (Å²) in [7, 11) is 0. The molecule has 21 heavy (non-hydrogen) atoms. The van der Waals surface area contributed by atoms with Crippen molar-refractivity contribution in [1.82, 2.24) is 0 Å². The summed E-state index contributed by atoms with van der Waals surface area (Å²) in [5.41, 5.74) is 4.66. The van der Waals surface area contributed by atoms with Crippen molar-refractivity contribution < 1.29 is 9.84 Å². The lowest BCUT2D eigenvalue weighted by Gasteiger charge is -2.13. The molecule has 0 aliphatic rings. The molecule has 2 aromatic rings. The number of ether oxygens (including phenoxy) is 1. The first-order valence-electron chi connectivity index (χ1n) is 6.92. The average Bonchev–Trinajstić information content (AvgIpc) is 2.46. The van der Waals surface area contributed by atoms with Gasteiger partial charge >= 0.3 is 0 Å². The van der Waals surface area contributed by atoms with Crippen molar-refractivity contribution >= 4 is 0 Å². The van der Waals surface area contributed by atoms with Crippen LogP contribution in [0.25, 0.3) is 0 Å². The molecule has 0 aliphatic carbocycles. The standard InChI is InChI=1S/C18H19NO2/c1-12-8-15(10-19)4-5-17(12)11-21-18-7-6-16(14(3)20)9-13(18)2/h4-9,14,20H,11H2,1-3H3/t14-/m0/s1. The molecule has 0 amide bonds. The lowest BCUT2D eigenvalue weighted by atomic mass is 10.1. The smallest absolute Gasteiger partial charge is 0.122 e. The molecule has 0 aromatic heterocycles. The number of aliphatic hydroxyl groups is 1. The van der Waals surface area contributed by atoms with Crippen molar-refractivity contribution in [2.24, 2.45) is 0 Å². The van der Waals surface area contributed by atoms with E-state index in [1.165, 1.54) is 0 Å². The van der Waals surface area contributed by atoms with Crippen LogP contribution in [0.2, 0.25) is 0 Å². The monoisotopic (exact) mass is 281 g/mol. The van der Waals surface area contributed by atoms with Gasteiger partial charge in [-0.2, -0.15) is 5.26 Å². The zero-order valence-corrected chi connectivity index (χ0v) is 12.6. The molecule has 0 unspecified atom stereocenters. The number of nitrogens with zero attached hydrogens (tertiary/aromatic N) is 1. The summed E-state index contributed by atoms with van der Waals surface area (Å²) in [5, 5.41) is 18.4. The van der Waals surface area contributed by atoms with Crippen LogP contribution in [0.3, 0.4) is 0 Å². The fourth-order valence-corrected chi connectivity index (χ4v) is 2.18. The van der Waals surface area contributed by atoms with E-state index < -0.39 is 6.10 Å². The van der Waals surface area contributed by atoms with E-state index in [9.17, 15) is 5.11 Å². The van der Waals surface area contributed by atoms with Crippen molar-refractivity contribution in [3.63, 3.8) is 0 Å². The summed E-state index contributed by atoms with van der Waals surface area (Å²) in [6.07, 6.45) is -0.474. The second-order valence-corrected chi connectivity index (χ2v) is 5.24. The van der Waals surface area contributed by atoms with Crippen LogP contribution >= 0.6 is 0 Å². The number of rotatable bonds is 4. The highest BCUT2D eigenvalue weighted by Crippen LogP contribution is 2.24.